The predicted molar refractivity (Wildman–Crippen MR) is 77.9 cm³/mol. The summed E-state index contributed by atoms with van der Waals surface area (Å²) in [5, 5.41) is 2.70. The molecule has 1 amide bonds. The van der Waals surface area contributed by atoms with E-state index in [1.807, 2.05) is 0 Å². The van der Waals surface area contributed by atoms with Crippen molar-refractivity contribution in [2.24, 2.45) is 7.05 Å². The Bertz CT molecular complexity index is 672. The molecule has 2 heterocycles. The lowest BCUT2D eigenvalue weighted by atomic mass is 10.3. The van der Waals surface area contributed by atoms with Crippen molar-refractivity contribution in [1.29, 1.82) is 0 Å². The molecule has 0 aliphatic heterocycles. The fourth-order valence-electron chi connectivity index (χ4n) is 1.89. The number of carbonyl (C=O) groups excluding carboxylic acids is 2. The third-order valence-corrected chi connectivity index (χ3v) is 3.23. The summed E-state index contributed by atoms with van der Waals surface area (Å²) in [7, 11) is 3.06. The summed E-state index contributed by atoms with van der Waals surface area (Å²) in [5.74, 6) is -0.830. The van der Waals surface area contributed by atoms with Gasteiger partial charge in [0.1, 0.15) is 11.4 Å². The van der Waals surface area contributed by atoms with Gasteiger partial charge in [0.05, 0.1) is 12.8 Å². The summed E-state index contributed by atoms with van der Waals surface area (Å²) in [6, 6.07) is 3.38. The molecule has 0 aliphatic carbocycles. The minimum Gasteiger partial charge on any atom is -0.464 e. The van der Waals surface area contributed by atoms with Crippen LogP contribution in [0.15, 0.2) is 22.8 Å². The molecule has 2 aromatic heterocycles. The lowest BCUT2D eigenvalue weighted by Crippen LogP contribution is -2.17. The molecule has 0 fully saturated rings. The van der Waals surface area contributed by atoms with E-state index in [9.17, 15) is 9.59 Å². The molecule has 0 radical (unpaired) electrons. The highest BCUT2D eigenvalue weighted by Crippen LogP contribution is 2.20. The van der Waals surface area contributed by atoms with Crippen molar-refractivity contribution in [3.63, 3.8) is 0 Å². The van der Waals surface area contributed by atoms with E-state index in [0.29, 0.717) is 11.4 Å². The largest absolute Gasteiger partial charge is 0.464 e. The fourth-order valence-corrected chi connectivity index (χ4v) is 2.41. The molecule has 0 aromatic carbocycles. The van der Waals surface area contributed by atoms with E-state index >= 15 is 0 Å². The van der Waals surface area contributed by atoms with Crippen LogP contribution < -0.4 is 5.32 Å². The van der Waals surface area contributed by atoms with Gasteiger partial charge in [-0.3, -0.25) is 4.79 Å². The normalized spacial score (nSPS) is 10.4. The van der Waals surface area contributed by atoms with Gasteiger partial charge in [0.25, 0.3) is 5.91 Å². The number of aryl methyl sites for hydroxylation is 2. The maximum atomic E-state index is 12.2. The van der Waals surface area contributed by atoms with Crippen LogP contribution in [-0.2, 0) is 11.8 Å². The number of anilines is 1. The molecule has 0 aliphatic rings. The molecule has 0 atom stereocenters. The summed E-state index contributed by atoms with van der Waals surface area (Å²) >= 11 is 3.31. The lowest BCUT2D eigenvalue weighted by Gasteiger charge is -2.06. The predicted octanol–water partition coefficient (Wildman–Crippen LogP) is 2.46. The molecule has 0 spiro atoms. The van der Waals surface area contributed by atoms with E-state index in [-0.39, 0.29) is 11.6 Å². The molecule has 0 unspecified atom stereocenters. The number of methoxy groups -OCH3 is 1. The van der Waals surface area contributed by atoms with Gasteiger partial charge < -0.3 is 19.6 Å². The van der Waals surface area contributed by atoms with Crippen LogP contribution in [0.1, 0.15) is 26.7 Å². The van der Waals surface area contributed by atoms with E-state index < -0.39 is 5.97 Å². The second kappa shape index (κ2) is 5.54. The van der Waals surface area contributed by atoms with Gasteiger partial charge in [-0.15, -0.1) is 0 Å². The highest BCUT2D eigenvalue weighted by Gasteiger charge is 2.18. The Hall–Kier alpha value is -2.02. The summed E-state index contributed by atoms with van der Waals surface area (Å²) in [6.45, 7) is 1.79. The van der Waals surface area contributed by atoms with Crippen molar-refractivity contribution in [3.8, 4) is 0 Å². The van der Waals surface area contributed by atoms with Crippen LogP contribution in [-0.4, -0.2) is 28.5 Å². The lowest BCUT2D eigenvalue weighted by molar-refractivity contribution is 0.0596. The zero-order valence-electron chi connectivity index (χ0n) is 11.3. The quantitative estimate of drug-likeness (QED) is 0.843. The van der Waals surface area contributed by atoms with Crippen LogP contribution in [0.2, 0.25) is 0 Å². The van der Waals surface area contributed by atoms with Crippen molar-refractivity contribution >= 4 is 33.5 Å². The van der Waals surface area contributed by atoms with Crippen molar-refractivity contribution in [1.82, 2.24) is 9.55 Å². The summed E-state index contributed by atoms with van der Waals surface area (Å²) in [6.07, 6.45) is 1.78. The number of esters is 1. The van der Waals surface area contributed by atoms with Gasteiger partial charge in [-0.05, 0) is 35.0 Å². The standard InChI is InChI=1S/C13H14BrN3O3/c1-7-4-9(11(15-7)13(19)20-3)16-12(18)10-5-8(14)6-17(10)2/h4-6,15H,1-3H3,(H,16,18). The molecule has 0 saturated carbocycles. The Morgan fingerprint density at radius 2 is 2.10 bits per heavy atom. The van der Waals surface area contributed by atoms with Gasteiger partial charge in [0.15, 0.2) is 0 Å². The van der Waals surface area contributed by atoms with E-state index in [1.165, 1.54) is 7.11 Å². The summed E-state index contributed by atoms with van der Waals surface area (Å²) < 4.78 is 7.17. The minimum absolute atomic E-state index is 0.228. The van der Waals surface area contributed by atoms with Gasteiger partial charge in [0, 0.05) is 23.4 Å². The summed E-state index contributed by atoms with van der Waals surface area (Å²) in [5.41, 5.74) is 1.86. The molecule has 20 heavy (non-hydrogen) atoms. The molecule has 106 valence electrons. The molecular formula is C13H14BrN3O3. The number of aromatic nitrogens is 2. The van der Waals surface area contributed by atoms with Crippen molar-refractivity contribution < 1.29 is 14.3 Å². The van der Waals surface area contributed by atoms with E-state index in [0.717, 1.165) is 10.2 Å². The number of amides is 1. The Balaban J connectivity index is 2.28. The number of nitrogens with zero attached hydrogens (tertiary/aromatic N) is 1. The number of rotatable bonds is 3. The average molecular weight is 340 g/mol. The van der Waals surface area contributed by atoms with Gasteiger partial charge in [-0.2, -0.15) is 0 Å². The van der Waals surface area contributed by atoms with Gasteiger partial charge in [0.2, 0.25) is 0 Å². The topological polar surface area (TPSA) is 76.1 Å². The first-order valence-corrected chi connectivity index (χ1v) is 6.62. The summed E-state index contributed by atoms with van der Waals surface area (Å²) in [4.78, 5) is 26.7. The number of ether oxygens (including phenoxy) is 1. The molecule has 2 N–H and O–H groups in total. The number of halogens is 1. The number of H-pyrrole nitrogens is 1. The first-order chi connectivity index (χ1) is 9.42. The average Bonchev–Trinajstić information content (AvgIpc) is 2.91. The van der Waals surface area contributed by atoms with Gasteiger partial charge in [-0.1, -0.05) is 0 Å². The number of carbonyl (C=O) groups is 2. The maximum absolute atomic E-state index is 12.2. The number of aromatic amines is 1. The Kier molecular flexibility index (Phi) is 3.99. The Morgan fingerprint density at radius 1 is 1.40 bits per heavy atom. The highest BCUT2D eigenvalue weighted by atomic mass is 79.9. The van der Waals surface area contributed by atoms with Crippen LogP contribution in [0.4, 0.5) is 5.69 Å². The molecule has 2 aromatic rings. The van der Waals surface area contributed by atoms with Gasteiger partial charge >= 0.3 is 5.97 Å². The van der Waals surface area contributed by atoms with Crippen molar-refractivity contribution in [2.45, 2.75) is 6.92 Å². The first kappa shape index (κ1) is 14.4. The fraction of sp³-hybridized carbons (Fsp3) is 0.231. The smallest absolute Gasteiger partial charge is 0.356 e. The van der Waals surface area contributed by atoms with Crippen LogP contribution >= 0.6 is 15.9 Å². The third-order valence-electron chi connectivity index (χ3n) is 2.79. The third kappa shape index (κ3) is 2.77. The second-order valence-corrected chi connectivity index (χ2v) is 5.26. The monoisotopic (exact) mass is 339 g/mol. The van der Waals surface area contributed by atoms with E-state index in [2.05, 4.69) is 31.0 Å². The number of hydrogen-bond donors (Lipinski definition) is 2. The SMILES string of the molecule is COC(=O)c1[nH]c(C)cc1NC(=O)c1cc(Br)cn1C. The molecule has 7 heteroatoms. The molecule has 0 saturated heterocycles. The molecular weight excluding hydrogens is 326 g/mol. The highest BCUT2D eigenvalue weighted by molar-refractivity contribution is 9.10. The number of hydrogen-bond acceptors (Lipinski definition) is 3. The Labute approximate surface area is 124 Å². The zero-order valence-corrected chi connectivity index (χ0v) is 12.9. The van der Waals surface area contributed by atoms with Crippen LogP contribution in [0.5, 0.6) is 0 Å². The first-order valence-electron chi connectivity index (χ1n) is 5.83. The van der Waals surface area contributed by atoms with E-state index in [1.54, 1.807) is 36.9 Å². The zero-order chi connectivity index (χ0) is 14.9. The van der Waals surface area contributed by atoms with Crippen LogP contribution in [0.3, 0.4) is 0 Å². The molecule has 2 rings (SSSR count). The second-order valence-electron chi connectivity index (χ2n) is 4.34. The van der Waals surface area contributed by atoms with Gasteiger partial charge in [-0.25, -0.2) is 4.79 Å². The van der Waals surface area contributed by atoms with Crippen molar-refractivity contribution in [3.05, 3.63) is 39.9 Å². The van der Waals surface area contributed by atoms with Crippen LogP contribution in [0.25, 0.3) is 0 Å². The van der Waals surface area contributed by atoms with E-state index in [4.69, 9.17) is 0 Å². The molecule has 0 bridgehead atoms. The maximum Gasteiger partial charge on any atom is 0.356 e. The van der Waals surface area contributed by atoms with Crippen molar-refractivity contribution in [2.75, 3.05) is 12.4 Å². The van der Waals surface area contributed by atoms with Crippen LogP contribution in [0, 0.1) is 6.92 Å². The minimum atomic E-state index is -0.526. The molecule has 6 nitrogen and oxygen atoms in total. The Morgan fingerprint density at radius 3 is 2.65 bits per heavy atom. The number of nitrogens with one attached hydrogen (secondary N) is 2.